The first-order valence-corrected chi connectivity index (χ1v) is 5.81. The Bertz CT molecular complexity index is 534. The summed E-state index contributed by atoms with van der Waals surface area (Å²) in [5.41, 5.74) is 0.732. The summed E-state index contributed by atoms with van der Waals surface area (Å²) < 4.78 is 1.92. The van der Waals surface area contributed by atoms with Gasteiger partial charge in [-0.1, -0.05) is 35.3 Å². The van der Waals surface area contributed by atoms with Crippen LogP contribution in [0.4, 0.5) is 11.6 Å². The Kier molecular flexibility index (Phi) is 3.71. The molecule has 88 valence electrons. The van der Waals surface area contributed by atoms with E-state index in [4.69, 9.17) is 23.2 Å². The number of benzene rings is 1. The molecular formula is C12H11Cl2N3. The summed E-state index contributed by atoms with van der Waals surface area (Å²) in [6, 6.07) is 5.42. The molecule has 1 heterocycles. The number of anilines is 2. The van der Waals surface area contributed by atoms with E-state index in [0.717, 1.165) is 5.69 Å². The van der Waals surface area contributed by atoms with Gasteiger partial charge >= 0.3 is 0 Å². The third kappa shape index (κ3) is 2.62. The highest BCUT2D eigenvalue weighted by Gasteiger charge is 2.07. The minimum Gasteiger partial charge on any atom is -0.324 e. The van der Waals surface area contributed by atoms with E-state index in [2.05, 4.69) is 16.9 Å². The van der Waals surface area contributed by atoms with Crippen molar-refractivity contribution in [2.45, 2.75) is 6.54 Å². The van der Waals surface area contributed by atoms with Crippen LogP contribution in [0, 0.1) is 0 Å². The molecule has 0 aliphatic carbocycles. The van der Waals surface area contributed by atoms with Gasteiger partial charge in [-0.25, -0.2) is 4.98 Å². The van der Waals surface area contributed by atoms with Crippen LogP contribution in [0.5, 0.6) is 0 Å². The van der Waals surface area contributed by atoms with Crippen LogP contribution in [-0.4, -0.2) is 9.55 Å². The number of hydrogen-bond acceptors (Lipinski definition) is 2. The Hall–Kier alpha value is -1.45. The number of allylic oxidation sites excluding steroid dienone is 1. The van der Waals surface area contributed by atoms with Crippen LogP contribution in [0.1, 0.15) is 0 Å². The summed E-state index contributed by atoms with van der Waals surface area (Å²) in [5, 5.41) is 4.13. The van der Waals surface area contributed by atoms with Gasteiger partial charge in [0, 0.05) is 18.9 Å². The standard InChI is InChI=1S/C12H11Cl2N3/c1-2-7-17-8-6-15-12(17)16-10-5-3-4-9(13)11(10)14/h2-6,8H,1,7H2,(H,15,16). The number of halogens is 2. The third-order valence-corrected chi connectivity index (χ3v) is 3.06. The van der Waals surface area contributed by atoms with E-state index in [0.29, 0.717) is 22.5 Å². The molecule has 1 N–H and O–H groups in total. The lowest BCUT2D eigenvalue weighted by Crippen LogP contribution is -2.02. The van der Waals surface area contributed by atoms with Crippen molar-refractivity contribution >= 4 is 34.8 Å². The quantitative estimate of drug-likeness (QED) is 0.845. The lowest BCUT2D eigenvalue weighted by Gasteiger charge is -2.10. The second-order valence-corrected chi connectivity index (χ2v) is 4.20. The van der Waals surface area contributed by atoms with Crippen LogP contribution >= 0.6 is 23.2 Å². The average Bonchev–Trinajstić information content (AvgIpc) is 2.73. The van der Waals surface area contributed by atoms with E-state index in [1.54, 1.807) is 18.3 Å². The van der Waals surface area contributed by atoms with Gasteiger partial charge in [0.15, 0.2) is 0 Å². The molecule has 0 spiro atoms. The minimum atomic E-state index is 0.488. The van der Waals surface area contributed by atoms with Crippen molar-refractivity contribution in [3.8, 4) is 0 Å². The van der Waals surface area contributed by atoms with Crippen LogP contribution in [-0.2, 0) is 6.54 Å². The fourth-order valence-electron chi connectivity index (χ4n) is 1.44. The molecule has 17 heavy (non-hydrogen) atoms. The molecule has 5 heteroatoms. The second-order valence-electron chi connectivity index (χ2n) is 3.42. The van der Waals surface area contributed by atoms with Crippen molar-refractivity contribution in [3.05, 3.63) is 53.3 Å². The zero-order chi connectivity index (χ0) is 12.3. The zero-order valence-corrected chi connectivity index (χ0v) is 10.5. The first-order chi connectivity index (χ1) is 8.22. The molecule has 0 unspecified atom stereocenters. The normalized spacial score (nSPS) is 10.2. The maximum absolute atomic E-state index is 6.09. The van der Waals surface area contributed by atoms with Gasteiger partial charge in [-0.05, 0) is 12.1 Å². The van der Waals surface area contributed by atoms with E-state index in [1.807, 2.05) is 22.9 Å². The molecule has 2 aromatic rings. The summed E-state index contributed by atoms with van der Waals surface area (Å²) in [4.78, 5) is 4.20. The van der Waals surface area contributed by atoms with Gasteiger partial charge in [0.1, 0.15) is 0 Å². The van der Waals surface area contributed by atoms with Gasteiger partial charge in [-0.3, -0.25) is 0 Å². The number of rotatable bonds is 4. The monoisotopic (exact) mass is 267 g/mol. The molecule has 0 amide bonds. The smallest absolute Gasteiger partial charge is 0.207 e. The van der Waals surface area contributed by atoms with Gasteiger partial charge < -0.3 is 9.88 Å². The number of hydrogen-bond donors (Lipinski definition) is 1. The maximum Gasteiger partial charge on any atom is 0.207 e. The molecular weight excluding hydrogens is 257 g/mol. The van der Waals surface area contributed by atoms with Gasteiger partial charge in [0.05, 0.1) is 15.7 Å². The van der Waals surface area contributed by atoms with Crippen LogP contribution in [0.25, 0.3) is 0 Å². The molecule has 2 rings (SSSR count). The molecule has 0 bridgehead atoms. The minimum absolute atomic E-state index is 0.488. The molecule has 0 fully saturated rings. The predicted octanol–water partition coefficient (Wildman–Crippen LogP) is 4.12. The summed E-state index contributed by atoms with van der Waals surface area (Å²) in [6.45, 7) is 4.37. The molecule has 0 radical (unpaired) electrons. The van der Waals surface area contributed by atoms with E-state index >= 15 is 0 Å². The van der Waals surface area contributed by atoms with Crippen molar-refractivity contribution < 1.29 is 0 Å². The van der Waals surface area contributed by atoms with Crippen molar-refractivity contribution in [3.63, 3.8) is 0 Å². The largest absolute Gasteiger partial charge is 0.324 e. The number of nitrogens with one attached hydrogen (secondary N) is 1. The Morgan fingerprint density at radius 2 is 2.24 bits per heavy atom. The van der Waals surface area contributed by atoms with Crippen LogP contribution in [0.15, 0.2) is 43.2 Å². The first-order valence-electron chi connectivity index (χ1n) is 5.05. The van der Waals surface area contributed by atoms with Crippen molar-refractivity contribution in [2.24, 2.45) is 0 Å². The fourth-order valence-corrected chi connectivity index (χ4v) is 1.79. The Labute approximate surface area is 110 Å². The zero-order valence-electron chi connectivity index (χ0n) is 9.03. The summed E-state index contributed by atoms with van der Waals surface area (Å²) >= 11 is 12.0. The first kappa shape index (κ1) is 12.0. The fraction of sp³-hybridized carbons (Fsp3) is 0.0833. The summed E-state index contributed by atoms with van der Waals surface area (Å²) in [6.07, 6.45) is 5.37. The van der Waals surface area contributed by atoms with E-state index in [9.17, 15) is 0 Å². The van der Waals surface area contributed by atoms with Crippen LogP contribution < -0.4 is 5.32 Å². The maximum atomic E-state index is 6.09. The SMILES string of the molecule is C=CCn1ccnc1Nc1cccc(Cl)c1Cl. The van der Waals surface area contributed by atoms with Gasteiger partial charge in [0.25, 0.3) is 0 Å². The molecule has 0 saturated carbocycles. The molecule has 0 aliphatic heterocycles. The second kappa shape index (κ2) is 5.25. The average molecular weight is 268 g/mol. The number of aromatic nitrogens is 2. The Morgan fingerprint density at radius 3 is 3.00 bits per heavy atom. The topological polar surface area (TPSA) is 29.9 Å². The molecule has 1 aromatic heterocycles. The lowest BCUT2D eigenvalue weighted by molar-refractivity contribution is 0.833. The van der Waals surface area contributed by atoms with Crippen LogP contribution in [0.3, 0.4) is 0 Å². The van der Waals surface area contributed by atoms with Crippen molar-refractivity contribution in [1.29, 1.82) is 0 Å². The third-order valence-electron chi connectivity index (χ3n) is 2.24. The van der Waals surface area contributed by atoms with Crippen LogP contribution in [0.2, 0.25) is 10.0 Å². The molecule has 3 nitrogen and oxygen atoms in total. The van der Waals surface area contributed by atoms with Gasteiger partial charge in [0.2, 0.25) is 5.95 Å². The molecule has 0 saturated heterocycles. The molecule has 0 atom stereocenters. The Morgan fingerprint density at radius 1 is 1.41 bits per heavy atom. The highest BCUT2D eigenvalue weighted by atomic mass is 35.5. The highest BCUT2D eigenvalue weighted by molar-refractivity contribution is 6.43. The van der Waals surface area contributed by atoms with Crippen molar-refractivity contribution in [1.82, 2.24) is 9.55 Å². The van der Waals surface area contributed by atoms with Gasteiger partial charge in [-0.2, -0.15) is 0 Å². The summed E-state index contributed by atoms with van der Waals surface area (Å²) in [5.74, 6) is 0.703. The molecule has 0 aliphatic rings. The predicted molar refractivity (Wildman–Crippen MR) is 72.2 cm³/mol. The Balaban J connectivity index is 2.28. The van der Waals surface area contributed by atoms with E-state index in [1.165, 1.54) is 0 Å². The highest BCUT2D eigenvalue weighted by Crippen LogP contribution is 2.31. The van der Waals surface area contributed by atoms with E-state index in [-0.39, 0.29) is 0 Å². The number of imidazole rings is 1. The lowest BCUT2D eigenvalue weighted by atomic mass is 10.3. The summed E-state index contributed by atoms with van der Waals surface area (Å²) in [7, 11) is 0. The van der Waals surface area contributed by atoms with Gasteiger partial charge in [-0.15, -0.1) is 6.58 Å². The van der Waals surface area contributed by atoms with Crippen molar-refractivity contribution in [2.75, 3.05) is 5.32 Å². The molecule has 1 aromatic carbocycles. The van der Waals surface area contributed by atoms with E-state index < -0.39 is 0 Å². The number of nitrogens with zero attached hydrogens (tertiary/aromatic N) is 2.